The summed E-state index contributed by atoms with van der Waals surface area (Å²) >= 11 is 0. The van der Waals surface area contributed by atoms with E-state index < -0.39 is 0 Å². The molecule has 1 aliphatic rings. The molecule has 1 aromatic rings. The number of nitrogens with two attached hydrogens (primary N) is 1. The van der Waals surface area contributed by atoms with E-state index in [1.54, 1.807) is 7.11 Å². The number of methoxy groups -OCH3 is 1. The molecular weight excluding hydrogens is 238 g/mol. The van der Waals surface area contributed by atoms with Gasteiger partial charge in [-0.2, -0.15) is 0 Å². The Morgan fingerprint density at radius 1 is 1.37 bits per heavy atom. The number of piperidine rings is 1. The Morgan fingerprint density at radius 2 is 2.05 bits per heavy atom. The fourth-order valence-corrected chi connectivity index (χ4v) is 2.73. The number of benzene rings is 1. The number of hydrogen-bond acceptors (Lipinski definition) is 4. The first kappa shape index (κ1) is 14.2. The van der Waals surface area contributed by atoms with E-state index in [2.05, 4.69) is 30.0 Å². The molecule has 1 saturated heterocycles. The molecule has 0 aliphatic carbocycles. The van der Waals surface area contributed by atoms with E-state index in [0.717, 1.165) is 18.0 Å². The van der Waals surface area contributed by atoms with Crippen molar-refractivity contribution in [2.75, 3.05) is 40.0 Å². The van der Waals surface area contributed by atoms with Crippen LogP contribution in [0.15, 0.2) is 18.2 Å². The van der Waals surface area contributed by atoms with Gasteiger partial charge in [-0.1, -0.05) is 6.07 Å². The van der Waals surface area contributed by atoms with Gasteiger partial charge >= 0.3 is 0 Å². The molecule has 0 unspecified atom stereocenters. The third-order valence-corrected chi connectivity index (χ3v) is 4.04. The number of rotatable bonds is 4. The summed E-state index contributed by atoms with van der Waals surface area (Å²) in [4.78, 5) is 4.84. The zero-order valence-corrected chi connectivity index (χ0v) is 12.2. The molecule has 4 nitrogen and oxygen atoms in total. The topological polar surface area (TPSA) is 41.7 Å². The molecule has 0 atom stereocenters. The number of ether oxygens (including phenoxy) is 1. The van der Waals surface area contributed by atoms with Gasteiger partial charge in [0.2, 0.25) is 0 Å². The van der Waals surface area contributed by atoms with E-state index >= 15 is 0 Å². The van der Waals surface area contributed by atoms with Crippen LogP contribution < -0.4 is 10.5 Å². The first-order valence-electron chi connectivity index (χ1n) is 6.91. The molecule has 19 heavy (non-hydrogen) atoms. The van der Waals surface area contributed by atoms with Crippen molar-refractivity contribution in [2.24, 2.45) is 0 Å². The van der Waals surface area contributed by atoms with Gasteiger partial charge in [0.05, 0.1) is 12.8 Å². The quantitative estimate of drug-likeness (QED) is 0.841. The Balaban J connectivity index is 1.95. The number of nitrogen functional groups attached to an aromatic ring is 1. The van der Waals surface area contributed by atoms with Crippen molar-refractivity contribution in [1.29, 1.82) is 0 Å². The van der Waals surface area contributed by atoms with Crippen molar-refractivity contribution in [3.63, 3.8) is 0 Å². The average Bonchev–Trinajstić information content (AvgIpc) is 2.39. The zero-order valence-electron chi connectivity index (χ0n) is 12.2. The van der Waals surface area contributed by atoms with Crippen LogP contribution in [-0.4, -0.2) is 50.1 Å². The van der Waals surface area contributed by atoms with Crippen molar-refractivity contribution in [2.45, 2.75) is 25.4 Å². The van der Waals surface area contributed by atoms with E-state index in [4.69, 9.17) is 10.5 Å². The van der Waals surface area contributed by atoms with Crippen molar-refractivity contribution >= 4 is 5.69 Å². The van der Waals surface area contributed by atoms with Crippen LogP contribution in [-0.2, 0) is 6.54 Å². The maximum Gasteiger partial charge on any atom is 0.141 e. The normalized spacial score (nSPS) is 17.9. The van der Waals surface area contributed by atoms with Crippen LogP contribution in [0, 0.1) is 0 Å². The Hall–Kier alpha value is -1.26. The third kappa shape index (κ3) is 3.61. The second-order valence-corrected chi connectivity index (χ2v) is 5.53. The Kier molecular flexibility index (Phi) is 4.66. The van der Waals surface area contributed by atoms with E-state index in [0.29, 0.717) is 6.04 Å². The van der Waals surface area contributed by atoms with E-state index in [-0.39, 0.29) is 0 Å². The highest BCUT2D eigenvalue weighted by Gasteiger charge is 2.20. The van der Waals surface area contributed by atoms with Gasteiger partial charge in [0, 0.05) is 12.6 Å². The van der Waals surface area contributed by atoms with Crippen molar-refractivity contribution in [1.82, 2.24) is 9.80 Å². The lowest BCUT2D eigenvalue weighted by Crippen LogP contribution is -2.41. The van der Waals surface area contributed by atoms with Crippen LogP contribution in [0.3, 0.4) is 0 Å². The van der Waals surface area contributed by atoms with Gasteiger partial charge in [0.25, 0.3) is 0 Å². The van der Waals surface area contributed by atoms with Crippen LogP contribution >= 0.6 is 0 Å². The molecule has 0 spiro atoms. The number of likely N-dealkylation sites (tertiary alicyclic amines) is 1. The Labute approximate surface area is 116 Å². The van der Waals surface area contributed by atoms with Crippen molar-refractivity contribution < 1.29 is 4.74 Å². The summed E-state index contributed by atoms with van der Waals surface area (Å²) in [5.74, 6) is 0.755. The molecule has 4 heteroatoms. The van der Waals surface area contributed by atoms with Crippen LogP contribution in [0.2, 0.25) is 0 Å². The van der Waals surface area contributed by atoms with Gasteiger partial charge in [0.1, 0.15) is 5.75 Å². The smallest absolute Gasteiger partial charge is 0.141 e. The number of anilines is 1. The number of hydrogen-bond donors (Lipinski definition) is 1. The van der Waals surface area contributed by atoms with Gasteiger partial charge in [-0.25, -0.2) is 0 Å². The predicted molar refractivity (Wildman–Crippen MR) is 79.4 cm³/mol. The summed E-state index contributed by atoms with van der Waals surface area (Å²) in [5.41, 5.74) is 7.92. The molecule has 2 N–H and O–H groups in total. The molecule has 0 amide bonds. The highest BCUT2D eigenvalue weighted by atomic mass is 16.5. The SMILES string of the molecule is COc1ccc(CN(C)C2CCN(C)CC2)cc1N. The molecule has 1 aliphatic heterocycles. The summed E-state index contributed by atoms with van der Waals surface area (Å²) in [6.45, 7) is 3.34. The largest absolute Gasteiger partial charge is 0.495 e. The molecule has 2 rings (SSSR count). The molecule has 1 heterocycles. The molecule has 0 aromatic heterocycles. The van der Waals surface area contributed by atoms with Crippen molar-refractivity contribution in [3.05, 3.63) is 23.8 Å². The van der Waals surface area contributed by atoms with Crippen LogP contribution in [0.1, 0.15) is 18.4 Å². The summed E-state index contributed by atoms with van der Waals surface area (Å²) in [5, 5.41) is 0. The minimum absolute atomic E-state index is 0.680. The molecule has 106 valence electrons. The highest BCUT2D eigenvalue weighted by molar-refractivity contribution is 5.54. The fraction of sp³-hybridized carbons (Fsp3) is 0.600. The Morgan fingerprint density at radius 3 is 2.63 bits per heavy atom. The Bertz CT molecular complexity index is 414. The lowest BCUT2D eigenvalue weighted by Gasteiger charge is -2.35. The lowest BCUT2D eigenvalue weighted by molar-refractivity contribution is 0.139. The summed E-state index contributed by atoms with van der Waals surface area (Å²) in [7, 11) is 6.05. The predicted octanol–water partition coefficient (Wildman–Crippen LogP) is 1.80. The minimum Gasteiger partial charge on any atom is -0.495 e. The van der Waals surface area contributed by atoms with Crippen LogP contribution in [0.4, 0.5) is 5.69 Å². The second kappa shape index (κ2) is 6.26. The molecule has 0 saturated carbocycles. The first-order chi connectivity index (χ1) is 9.10. The maximum atomic E-state index is 5.95. The monoisotopic (exact) mass is 263 g/mol. The molecular formula is C15H25N3O. The third-order valence-electron chi connectivity index (χ3n) is 4.04. The molecule has 0 bridgehead atoms. The number of nitrogens with zero attached hydrogens (tertiary/aromatic N) is 2. The van der Waals surface area contributed by atoms with Gasteiger partial charge in [0.15, 0.2) is 0 Å². The highest BCUT2D eigenvalue weighted by Crippen LogP contribution is 2.23. The average molecular weight is 263 g/mol. The molecule has 0 radical (unpaired) electrons. The first-order valence-corrected chi connectivity index (χ1v) is 6.91. The summed E-state index contributed by atoms with van der Waals surface area (Å²) in [6, 6.07) is 6.75. The minimum atomic E-state index is 0.680. The zero-order chi connectivity index (χ0) is 13.8. The molecule has 1 aromatic carbocycles. The van der Waals surface area contributed by atoms with Crippen LogP contribution in [0.5, 0.6) is 5.75 Å². The van der Waals surface area contributed by atoms with Gasteiger partial charge in [-0.15, -0.1) is 0 Å². The van der Waals surface area contributed by atoms with Gasteiger partial charge in [-0.05, 0) is 57.7 Å². The summed E-state index contributed by atoms with van der Waals surface area (Å²) in [6.07, 6.45) is 2.50. The lowest BCUT2D eigenvalue weighted by atomic mass is 10.0. The van der Waals surface area contributed by atoms with E-state index in [9.17, 15) is 0 Å². The maximum absolute atomic E-state index is 5.95. The fourth-order valence-electron chi connectivity index (χ4n) is 2.73. The van der Waals surface area contributed by atoms with Crippen LogP contribution in [0.25, 0.3) is 0 Å². The van der Waals surface area contributed by atoms with Gasteiger partial charge < -0.3 is 15.4 Å². The molecule has 1 fully saturated rings. The van der Waals surface area contributed by atoms with E-state index in [1.807, 2.05) is 12.1 Å². The van der Waals surface area contributed by atoms with Gasteiger partial charge in [-0.3, -0.25) is 4.90 Å². The van der Waals surface area contributed by atoms with E-state index in [1.165, 1.54) is 31.5 Å². The standard InChI is InChI=1S/C15H25N3O/c1-17-8-6-13(7-9-17)18(2)11-12-4-5-15(19-3)14(16)10-12/h4-5,10,13H,6-9,11,16H2,1-3H3. The summed E-state index contributed by atoms with van der Waals surface area (Å²) < 4.78 is 5.19. The van der Waals surface area contributed by atoms with Crippen molar-refractivity contribution in [3.8, 4) is 5.75 Å². The second-order valence-electron chi connectivity index (χ2n) is 5.53.